The third-order valence-electron chi connectivity index (χ3n) is 3.99. The van der Waals surface area contributed by atoms with Crippen molar-refractivity contribution in [2.24, 2.45) is 7.05 Å². The van der Waals surface area contributed by atoms with Gasteiger partial charge >= 0.3 is 6.18 Å². The van der Waals surface area contributed by atoms with E-state index in [9.17, 15) is 21.6 Å². The van der Waals surface area contributed by atoms with Crippen molar-refractivity contribution in [3.05, 3.63) is 53.9 Å². The summed E-state index contributed by atoms with van der Waals surface area (Å²) in [7, 11) is -1.74. The highest BCUT2D eigenvalue weighted by atomic mass is 32.2. The van der Waals surface area contributed by atoms with Crippen LogP contribution < -0.4 is 5.32 Å². The Morgan fingerprint density at radius 3 is 2.36 bits per heavy atom. The van der Waals surface area contributed by atoms with Gasteiger partial charge in [0.25, 0.3) is 0 Å². The number of sulfone groups is 1. The fourth-order valence-electron chi connectivity index (χ4n) is 2.46. The van der Waals surface area contributed by atoms with Gasteiger partial charge in [-0.25, -0.2) is 13.4 Å². The predicted octanol–water partition coefficient (Wildman–Crippen LogP) is 2.91. The van der Waals surface area contributed by atoms with E-state index in [-0.39, 0.29) is 23.0 Å². The highest BCUT2D eigenvalue weighted by Gasteiger charge is 2.31. The number of nitrogens with zero attached hydrogens (tertiary/aromatic N) is 4. The van der Waals surface area contributed by atoms with E-state index in [2.05, 4.69) is 20.6 Å². The van der Waals surface area contributed by atoms with E-state index >= 15 is 0 Å². The lowest BCUT2D eigenvalue weighted by atomic mass is 10.1. The minimum atomic E-state index is -4.56. The fourth-order valence-corrected chi connectivity index (χ4v) is 3.09. The van der Waals surface area contributed by atoms with Crippen LogP contribution in [0.4, 0.5) is 19.0 Å². The number of hydrogen-bond donors (Lipinski definition) is 1. The maximum absolute atomic E-state index is 13.3. The first-order valence-corrected chi connectivity index (χ1v) is 9.90. The molecule has 0 aliphatic heterocycles. The average Bonchev–Trinajstić information content (AvgIpc) is 3.03. The van der Waals surface area contributed by atoms with Crippen molar-refractivity contribution in [1.82, 2.24) is 20.0 Å². The molecule has 0 atom stereocenters. The molecule has 0 fully saturated rings. The Kier molecular flexibility index (Phi) is 5.11. The summed E-state index contributed by atoms with van der Waals surface area (Å²) >= 11 is 0. The molecule has 3 aromatic rings. The molecule has 7 nitrogen and oxygen atoms in total. The van der Waals surface area contributed by atoms with Crippen molar-refractivity contribution in [2.45, 2.75) is 17.6 Å². The molecule has 148 valence electrons. The number of pyridine rings is 1. The van der Waals surface area contributed by atoms with Crippen LogP contribution in [0.25, 0.3) is 11.3 Å². The van der Waals surface area contributed by atoms with Gasteiger partial charge in [0.1, 0.15) is 5.82 Å². The van der Waals surface area contributed by atoms with E-state index in [1.807, 2.05) is 0 Å². The minimum absolute atomic E-state index is 0.0261. The van der Waals surface area contributed by atoms with Gasteiger partial charge in [0, 0.05) is 18.9 Å². The first-order valence-electron chi connectivity index (χ1n) is 8.01. The number of aromatic nitrogens is 4. The minimum Gasteiger partial charge on any atom is -0.364 e. The molecule has 1 N–H and O–H groups in total. The molecular formula is C17H16F3N5O2S. The van der Waals surface area contributed by atoms with Gasteiger partial charge < -0.3 is 5.32 Å². The van der Waals surface area contributed by atoms with Crippen LogP contribution in [0.2, 0.25) is 0 Å². The molecule has 0 saturated carbocycles. The third kappa shape index (κ3) is 4.47. The summed E-state index contributed by atoms with van der Waals surface area (Å²) in [5, 5.41) is 10.3. The summed E-state index contributed by atoms with van der Waals surface area (Å²) in [5.74, 6) is 0.0261. The van der Waals surface area contributed by atoms with Crippen molar-refractivity contribution in [1.29, 1.82) is 0 Å². The van der Waals surface area contributed by atoms with Crippen LogP contribution in [-0.2, 0) is 29.6 Å². The summed E-state index contributed by atoms with van der Waals surface area (Å²) in [5.41, 5.74) is 0.234. The van der Waals surface area contributed by atoms with Crippen molar-refractivity contribution in [2.75, 3.05) is 11.6 Å². The molecule has 0 radical (unpaired) electrons. The predicted molar refractivity (Wildman–Crippen MR) is 96.1 cm³/mol. The number of rotatable bonds is 5. The number of aryl methyl sites for hydroxylation is 1. The molecule has 3 rings (SSSR count). The second-order valence-electron chi connectivity index (χ2n) is 6.12. The summed E-state index contributed by atoms with van der Waals surface area (Å²) in [6, 6.07) is 7.35. The quantitative estimate of drug-likeness (QED) is 0.694. The lowest BCUT2D eigenvalue weighted by molar-refractivity contribution is -0.137. The maximum Gasteiger partial charge on any atom is 0.416 e. The normalized spacial score (nSPS) is 12.2. The molecule has 2 aromatic heterocycles. The zero-order valence-electron chi connectivity index (χ0n) is 14.9. The van der Waals surface area contributed by atoms with Gasteiger partial charge in [-0.15, -0.1) is 5.10 Å². The highest BCUT2D eigenvalue weighted by Crippen LogP contribution is 2.33. The molecule has 28 heavy (non-hydrogen) atoms. The van der Waals surface area contributed by atoms with Crippen LogP contribution in [0.3, 0.4) is 0 Å². The lowest BCUT2D eigenvalue weighted by Crippen LogP contribution is -2.10. The van der Waals surface area contributed by atoms with Gasteiger partial charge in [-0.05, 0) is 24.3 Å². The Bertz CT molecular complexity index is 1090. The zero-order chi connectivity index (χ0) is 20.5. The van der Waals surface area contributed by atoms with Gasteiger partial charge in [-0.2, -0.15) is 13.2 Å². The summed E-state index contributed by atoms with van der Waals surface area (Å²) in [6.07, 6.45) is -2.01. The van der Waals surface area contributed by atoms with E-state index in [0.717, 1.165) is 18.4 Å². The van der Waals surface area contributed by atoms with Crippen molar-refractivity contribution >= 4 is 15.7 Å². The van der Waals surface area contributed by atoms with E-state index in [1.54, 1.807) is 7.05 Å². The molecule has 0 spiro atoms. The average molecular weight is 411 g/mol. The van der Waals surface area contributed by atoms with Crippen LogP contribution >= 0.6 is 0 Å². The zero-order valence-corrected chi connectivity index (χ0v) is 15.7. The monoisotopic (exact) mass is 411 g/mol. The third-order valence-corrected chi connectivity index (χ3v) is 5.12. The smallest absolute Gasteiger partial charge is 0.364 e. The highest BCUT2D eigenvalue weighted by molar-refractivity contribution is 7.90. The van der Waals surface area contributed by atoms with Crippen LogP contribution in [-0.4, -0.2) is 34.7 Å². The van der Waals surface area contributed by atoms with Crippen LogP contribution in [0.5, 0.6) is 0 Å². The van der Waals surface area contributed by atoms with E-state index in [0.29, 0.717) is 11.3 Å². The molecule has 2 heterocycles. The van der Waals surface area contributed by atoms with Gasteiger partial charge in [0.2, 0.25) is 0 Å². The Labute approximate surface area is 159 Å². The number of halogens is 3. The first kappa shape index (κ1) is 19.8. The van der Waals surface area contributed by atoms with E-state index < -0.39 is 21.6 Å². The van der Waals surface area contributed by atoms with Crippen LogP contribution in [0.15, 0.2) is 47.5 Å². The molecular weight excluding hydrogens is 395 g/mol. The second kappa shape index (κ2) is 7.23. The maximum atomic E-state index is 13.3. The van der Waals surface area contributed by atoms with Crippen molar-refractivity contribution in [3.63, 3.8) is 0 Å². The van der Waals surface area contributed by atoms with Crippen molar-refractivity contribution in [3.8, 4) is 11.3 Å². The lowest BCUT2D eigenvalue weighted by Gasteiger charge is -2.13. The number of nitrogens with one attached hydrogen (secondary N) is 1. The fraction of sp³-hybridized carbons (Fsp3) is 0.235. The van der Waals surface area contributed by atoms with Gasteiger partial charge in [-0.1, -0.05) is 17.3 Å². The number of alkyl halides is 3. The number of anilines is 1. The largest absolute Gasteiger partial charge is 0.416 e. The molecule has 1 aromatic carbocycles. The Hall–Kier alpha value is -2.95. The topological polar surface area (TPSA) is 89.8 Å². The Morgan fingerprint density at radius 2 is 1.82 bits per heavy atom. The molecule has 0 aliphatic rings. The van der Waals surface area contributed by atoms with E-state index in [1.165, 1.54) is 35.1 Å². The van der Waals surface area contributed by atoms with Gasteiger partial charge in [0.15, 0.2) is 9.84 Å². The summed E-state index contributed by atoms with van der Waals surface area (Å²) < 4.78 is 64.5. The van der Waals surface area contributed by atoms with Gasteiger partial charge in [-0.3, -0.25) is 4.68 Å². The summed E-state index contributed by atoms with van der Waals surface area (Å²) in [4.78, 5) is 4.30. The molecule has 0 aliphatic carbocycles. The van der Waals surface area contributed by atoms with Crippen LogP contribution in [0, 0.1) is 0 Å². The Morgan fingerprint density at radius 1 is 1.14 bits per heavy atom. The summed E-state index contributed by atoms with van der Waals surface area (Å²) in [6.45, 7) is 0.185. The van der Waals surface area contributed by atoms with Crippen molar-refractivity contribution < 1.29 is 21.6 Å². The molecule has 0 amide bonds. The van der Waals surface area contributed by atoms with Gasteiger partial charge in [0.05, 0.1) is 34.6 Å². The van der Waals surface area contributed by atoms with Crippen LogP contribution in [0.1, 0.15) is 11.3 Å². The standard InChI is InChI=1S/C17H16F3N5O2S/c1-25-13(10-22-24-25)9-21-16-8-12(17(18,19)20)7-15(23-16)11-3-5-14(6-4-11)28(2,26)27/h3-8,10H,9H2,1-2H3,(H,21,23). The Balaban J connectivity index is 1.97. The SMILES string of the molecule is Cn1nncc1CNc1cc(C(F)(F)F)cc(-c2ccc(S(C)(=O)=O)cc2)n1. The second-order valence-corrected chi connectivity index (χ2v) is 8.14. The van der Waals surface area contributed by atoms with E-state index in [4.69, 9.17) is 0 Å². The number of benzene rings is 1. The number of hydrogen-bond acceptors (Lipinski definition) is 6. The molecule has 0 unspecified atom stereocenters. The molecule has 0 saturated heterocycles. The molecule has 0 bridgehead atoms. The molecule has 11 heteroatoms. The first-order chi connectivity index (χ1) is 13.0.